The maximum Gasteiger partial charge on any atom is 0.149 e. The molecule has 1 aliphatic rings. The molecule has 0 saturated heterocycles. The number of nitrogens with two attached hydrogens (primary N) is 1. The highest BCUT2D eigenvalue weighted by Crippen LogP contribution is 2.27. The molecule has 0 radical (unpaired) electrons. The van der Waals surface area contributed by atoms with Gasteiger partial charge in [0.05, 0.1) is 0 Å². The van der Waals surface area contributed by atoms with E-state index in [4.69, 9.17) is 5.73 Å². The second-order valence-electron chi connectivity index (χ2n) is 4.78. The number of para-hydroxylation sites is 1. The third-order valence-electron chi connectivity index (χ3n) is 3.45. The molecule has 0 spiro atoms. The number of rotatable bonds is 2. The Bertz CT molecular complexity index is 400. The minimum Gasteiger partial charge on any atom is -0.387 e. The number of benzene rings is 1. The van der Waals surface area contributed by atoms with E-state index in [1.807, 2.05) is 13.0 Å². The molecule has 1 fully saturated rings. The fourth-order valence-corrected chi connectivity index (χ4v) is 2.38. The Hall–Kier alpha value is -1.38. The average Bonchev–Trinajstić information content (AvgIpc) is 2.35. The Kier molecular flexibility index (Phi) is 3.77. The summed E-state index contributed by atoms with van der Waals surface area (Å²) in [6.45, 7) is 1.86. The van der Waals surface area contributed by atoms with Crippen LogP contribution >= 0.6 is 0 Å². The van der Waals surface area contributed by atoms with E-state index in [-0.39, 0.29) is 5.82 Å². The highest BCUT2D eigenvalue weighted by Gasteiger charge is 2.17. The molecule has 2 rings (SSSR count). The van der Waals surface area contributed by atoms with Gasteiger partial charge in [0.25, 0.3) is 0 Å². The largest absolute Gasteiger partial charge is 0.387 e. The summed E-state index contributed by atoms with van der Waals surface area (Å²) in [5.74, 6) is 0.643. The molecular formula is C14H19FN2. The lowest BCUT2D eigenvalue weighted by atomic mass is 9.88. The quantitative estimate of drug-likeness (QED) is 0.615. The van der Waals surface area contributed by atoms with Gasteiger partial charge in [-0.05, 0) is 31.4 Å². The molecule has 3 heteroatoms. The van der Waals surface area contributed by atoms with Crippen LogP contribution in [0.1, 0.15) is 37.7 Å². The van der Waals surface area contributed by atoms with Crippen LogP contribution in [0.5, 0.6) is 0 Å². The van der Waals surface area contributed by atoms with Crippen molar-refractivity contribution in [1.29, 1.82) is 0 Å². The lowest BCUT2D eigenvalue weighted by Crippen LogP contribution is -2.25. The fraction of sp³-hybridized carbons (Fsp3) is 0.500. The van der Waals surface area contributed by atoms with Gasteiger partial charge in [0, 0.05) is 5.92 Å². The van der Waals surface area contributed by atoms with E-state index in [9.17, 15) is 4.39 Å². The molecule has 0 aliphatic heterocycles. The van der Waals surface area contributed by atoms with E-state index in [1.54, 1.807) is 6.07 Å². The average molecular weight is 234 g/mol. The van der Waals surface area contributed by atoms with Crippen molar-refractivity contribution in [1.82, 2.24) is 0 Å². The number of aliphatic imine (C=N–C) groups is 1. The van der Waals surface area contributed by atoms with Gasteiger partial charge in [-0.1, -0.05) is 31.4 Å². The van der Waals surface area contributed by atoms with Gasteiger partial charge in [-0.2, -0.15) is 0 Å². The smallest absolute Gasteiger partial charge is 0.149 e. The van der Waals surface area contributed by atoms with Crippen molar-refractivity contribution >= 4 is 11.5 Å². The number of halogens is 1. The summed E-state index contributed by atoms with van der Waals surface area (Å²) in [5.41, 5.74) is 7.24. The van der Waals surface area contributed by atoms with Crippen molar-refractivity contribution in [3.63, 3.8) is 0 Å². The summed E-state index contributed by atoms with van der Waals surface area (Å²) in [6, 6.07) is 4.98. The van der Waals surface area contributed by atoms with Gasteiger partial charge in [0.15, 0.2) is 0 Å². The lowest BCUT2D eigenvalue weighted by Gasteiger charge is -2.21. The molecule has 2 nitrogen and oxygen atoms in total. The SMILES string of the molecule is Cc1cccc(F)c1N=C(N)C1CCCCC1. The predicted octanol–water partition coefficient (Wildman–Crippen LogP) is 3.70. The summed E-state index contributed by atoms with van der Waals surface area (Å²) in [5, 5.41) is 0. The minimum absolute atomic E-state index is 0.288. The number of hydrogen-bond acceptors (Lipinski definition) is 1. The van der Waals surface area contributed by atoms with Gasteiger partial charge in [-0.25, -0.2) is 9.38 Å². The summed E-state index contributed by atoms with van der Waals surface area (Å²) in [6.07, 6.45) is 5.86. The molecule has 17 heavy (non-hydrogen) atoms. The van der Waals surface area contributed by atoms with Crippen molar-refractivity contribution in [2.24, 2.45) is 16.6 Å². The van der Waals surface area contributed by atoms with Crippen LogP contribution in [0.3, 0.4) is 0 Å². The van der Waals surface area contributed by atoms with Crippen molar-refractivity contribution < 1.29 is 4.39 Å². The molecule has 0 heterocycles. The van der Waals surface area contributed by atoms with Crippen LogP contribution in [0.15, 0.2) is 23.2 Å². The number of nitrogens with zero attached hydrogens (tertiary/aromatic N) is 1. The molecule has 1 saturated carbocycles. The molecule has 2 N–H and O–H groups in total. The summed E-state index contributed by atoms with van der Waals surface area (Å²) in [7, 11) is 0. The predicted molar refractivity (Wildman–Crippen MR) is 69.0 cm³/mol. The first-order chi connectivity index (χ1) is 8.18. The van der Waals surface area contributed by atoms with Crippen molar-refractivity contribution in [2.45, 2.75) is 39.0 Å². The van der Waals surface area contributed by atoms with Crippen LogP contribution in [0.4, 0.5) is 10.1 Å². The molecule has 0 aromatic heterocycles. The monoisotopic (exact) mass is 234 g/mol. The normalized spacial score (nSPS) is 18.4. The molecule has 92 valence electrons. The van der Waals surface area contributed by atoms with Gasteiger partial charge in [-0.15, -0.1) is 0 Å². The van der Waals surface area contributed by atoms with Crippen LogP contribution in [0.2, 0.25) is 0 Å². The van der Waals surface area contributed by atoms with Gasteiger partial charge < -0.3 is 5.73 Å². The molecule has 0 unspecified atom stereocenters. The molecular weight excluding hydrogens is 215 g/mol. The second-order valence-corrected chi connectivity index (χ2v) is 4.78. The van der Waals surface area contributed by atoms with Gasteiger partial charge in [0.2, 0.25) is 0 Å². The van der Waals surface area contributed by atoms with Gasteiger partial charge >= 0.3 is 0 Å². The van der Waals surface area contributed by atoms with Crippen LogP contribution in [0, 0.1) is 18.7 Å². The Morgan fingerprint density at radius 3 is 2.65 bits per heavy atom. The molecule has 1 aromatic carbocycles. The van der Waals surface area contributed by atoms with E-state index in [0.717, 1.165) is 18.4 Å². The zero-order valence-electron chi connectivity index (χ0n) is 10.2. The second kappa shape index (κ2) is 5.30. The van der Waals surface area contributed by atoms with Crippen molar-refractivity contribution in [2.75, 3.05) is 0 Å². The summed E-state index contributed by atoms with van der Waals surface area (Å²) >= 11 is 0. The van der Waals surface area contributed by atoms with Crippen LogP contribution in [0.25, 0.3) is 0 Å². The maximum atomic E-state index is 13.6. The highest BCUT2D eigenvalue weighted by atomic mass is 19.1. The first-order valence-electron chi connectivity index (χ1n) is 6.27. The summed E-state index contributed by atoms with van der Waals surface area (Å²) in [4.78, 5) is 4.30. The third-order valence-corrected chi connectivity index (χ3v) is 3.45. The zero-order chi connectivity index (χ0) is 12.3. The van der Waals surface area contributed by atoms with E-state index in [2.05, 4.69) is 4.99 Å². The lowest BCUT2D eigenvalue weighted by molar-refractivity contribution is 0.437. The van der Waals surface area contributed by atoms with Crippen molar-refractivity contribution in [3.8, 4) is 0 Å². The zero-order valence-corrected chi connectivity index (χ0v) is 10.2. The topological polar surface area (TPSA) is 38.4 Å². The standard InChI is InChI=1S/C14H19FN2/c1-10-6-5-9-12(15)13(10)17-14(16)11-7-3-2-4-8-11/h5-6,9,11H,2-4,7-8H2,1H3,(H2,16,17). The Balaban J connectivity index is 2.22. The van der Waals surface area contributed by atoms with Gasteiger partial charge in [-0.3, -0.25) is 0 Å². The Morgan fingerprint density at radius 2 is 2.00 bits per heavy atom. The molecule has 0 atom stereocenters. The maximum absolute atomic E-state index is 13.6. The molecule has 1 aromatic rings. The van der Waals surface area contributed by atoms with E-state index < -0.39 is 0 Å². The van der Waals surface area contributed by atoms with Crippen molar-refractivity contribution in [3.05, 3.63) is 29.6 Å². The van der Waals surface area contributed by atoms with E-state index >= 15 is 0 Å². The molecule has 1 aliphatic carbocycles. The highest BCUT2D eigenvalue weighted by molar-refractivity contribution is 5.85. The number of hydrogen-bond donors (Lipinski definition) is 1. The summed E-state index contributed by atoms with van der Waals surface area (Å²) < 4.78 is 13.6. The van der Waals surface area contributed by atoms with Gasteiger partial charge in [0.1, 0.15) is 17.3 Å². The van der Waals surface area contributed by atoms with E-state index in [1.165, 1.54) is 25.3 Å². The molecule has 0 bridgehead atoms. The van der Waals surface area contributed by atoms with Crippen LogP contribution < -0.4 is 5.73 Å². The fourth-order valence-electron chi connectivity index (χ4n) is 2.38. The van der Waals surface area contributed by atoms with Crippen LogP contribution in [-0.2, 0) is 0 Å². The minimum atomic E-state index is -0.288. The third kappa shape index (κ3) is 2.84. The van der Waals surface area contributed by atoms with Crippen LogP contribution in [-0.4, -0.2) is 5.84 Å². The number of amidine groups is 1. The Labute approximate surface area is 102 Å². The molecule has 0 amide bonds. The first-order valence-corrected chi connectivity index (χ1v) is 6.27. The number of aryl methyl sites for hydroxylation is 1. The van der Waals surface area contributed by atoms with E-state index in [0.29, 0.717) is 17.4 Å². The Morgan fingerprint density at radius 1 is 1.29 bits per heavy atom. The first kappa shape index (κ1) is 12.1.